The van der Waals surface area contributed by atoms with Crippen LogP contribution >= 0.6 is 11.6 Å². The second-order valence-electron chi connectivity index (χ2n) is 6.58. The number of nitrogens with one attached hydrogen (secondary N) is 1. The summed E-state index contributed by atoms with van der Waals surface area (Å²) in [7, 11) is 0. The molecule has 0 spiro atoms. The summed E-state index contributed by atoms with van der Waals surface area (Å²) in [6.07, 6.45) is 2.17. The molecule has 2 aromatic carbocycles. The van der Waals surface area contributed by atoms with Gasteiger partial charge in [0.05, 0.1) is 6.54 Å². The maximum Gasteiger partial charge on any atom is 0.328 e. The van der Waals surface area contributed by atoms with Crippen LogP contribution in [-0.4, -0.2) is 16.2 Å². The molecule has 0 aliphatic rings. The van der Waals surface area contributed by atoms with Gasteiger partial charge in [-0.2, -0.15) is 0 Å². The number of rotatable bonds is 6. The summed E-state index contributed by atoms with van der Waals surface area (Å²) >= 11 is 6.18. The Labute approximate surface area is 162 Å². The van der Waals surface area contributed by atoms with Crippen LogP contribution in [0.4, 0.5) is 0 Å². The van der Waals surface area contributed by atoms with Crippen LogP contribution < -0.4 is 16.0 Å². The summed E-state index contributed by atoms with van der Waals surface area (Å²) in [6, 6.07) is 13.3. The Morgan fingerprint density at radius 1 is 1.04 bits per heavy atom. The average molecular weight is 385 g/mol. The highest BCUT2D eigenvalue weighted by Crippen LogP contribution is 2.26. The molecule has 3 aromatic rings. The molecular formula is C21H21ClN2O3. The van der Waals surface area contributed by atoms with Crippen LogP contribution in [0.1, 0.15) is 22.3 Å². The van der Waals surface area contributed by atoms with Gasteiger partial charge in [0.1, 0.15) is 12.4 Å². The zero-order chi connectivity index (χ0) is 19.4. The number of halogens is 1. The summed E-state index contributed by atoms with van der Waals surface area (Å²) in [5.74, 6) is 0.732. The largest absolute Gasteiger partial charge is 0.491 e. The molecule has 0 saturated heterocycles. The van der Waals surface area contributed by atoms with Crippen molar-refractivity contribution < 1.29 is 4.74 Å². The van der Waals surface area contributed by atoms with E-state index >= 15 is 0 Å². The monoisotopic (exact) mass is 384 g/mol. The van der Waals surface area contributed by atoms with Crippen molar-refractivity contribution in [2.45, 2.75) is 26.8 Å². The van der Waals surface area contributed by atoms with Gasteiger partial charge in [0.15, 0.2) is 0 Å². The lowest BCUT2D eigenvalue weighted by Crippen LogP contribution is -2.30. The van der Waals surface area contributed by atoms with Crippen LogP contribution in [0.2, 0.25) is 5.02 Å². The molecule has 0 saturated carbocycles. The van der Waals surface area contributed by atoms with Gasteiger partial charge in [-0.15, -0.1) is 0 Å². The number of benzene rings is 2. The highest BCUT2D eigenvalue weighted by atomic mass is 35.5. The second kappa shape index (κ2) is 8.27. The van der Waals surface area contributed by atoms with E-state index in [0.29, 0.717) is 24.6 Å². The molecule has 5 nitrogen and oxygen atoms in total. The SMILES string of the molecule is Cc1cc(C)cc(Cc2cc(Cl)ccc2OCCn2ccc(=O)[nH]c2=O)c1. The number of aryl methyl sites for hydroxylation is 2. The Hall–Kier alpha value is -2.79. The molecule has 0 fully saturated rings. The number of hydrogen-bond donors (Lipinski definition) is 1. The molecule has 27 heavy (non-hydrogen) atoms. The van der Waals surface area contributed by atoms with Crippen molar-refractivity contribution in [1.29, 1.82) is 0 Å². The van der Waals surface area contributed by atoms with Crippen molar-refractivity contribution >= 4 is 11.6 Å². The molecule has 0 radical (unpaired) electrons. The van der Waals surface area contributed by atoms with Gasteiger partial charge in [-0.3, -0.25) is 14.3 Å². The van der Waals surface area contributed by atoms with Gasteiger partial charge in [-0.25, -0.2) is 4.79 Å². The Morgan fingerprint density at radius 2 is 1.78 bits per heavy atom. The number of aromatic nitrogens is 2. The summed E-state index contributed by atoms with van der Waals surface area (Å²) < 4.78 is 7.31. The highest BCUT2D eigenvalue weighted by Gasteiger charge is 2.08. The first kappa shape index (κ1) is 19.0. The van der Waals surface area contributed by atoms with Crippen LogP contribution in [0.5, 0.6) is 5.75 Å². The molecule has 1 heterocycles. The predicted octanol–water partition coefficient (Wildman–Crippen LogP) is 3.48. The fourth-order valence-corrected chi connectivity index (χ4v) is 3.29. The summed E-state index contributed by atoms with van der Waals surface area (Å²) in [6.45, 7) is 4.79. The van der Waals surface area contributed by atoms with Crippen molar-refractivity contribution in [2.24, 2.45) is 0 Å². The molecule has 0 aliphatic carbocycles. The lowest BCUT2D eigenvalue weighted by Gasteiger charge is -2.13. The van der Waals surface area contributed by atoms with Gasteiger partial charge in [0.25, 0.3) is 5.56 Å². The molecule has 6 heteroatoms. The third-order valence-corrected chi connectivity index (χ3v) is 4.42. The topological polar surface area (TPSA) is 64.1 Å². The van der Waals surface area contributed by atoms with Crippen LogP contribution in [-0.2, 0) is 13.0 Å². The number of nitrogens with zero attached hydrogens (tertiary/aromatic N) is 1. The standard InChI is InChI=1S/C21H21ClN2O3/c1-14-9-15(2)11-16(10-14)12-17-13-18(22)3-4-19(17)27-8-7-24-6-5-20(25)23-21(24)26/h3-6,9-11,13H,7-8,12H2,1-2H3,(H,23,25,26). The Morgan fingerprint density at radius 3 is 2.48 bits per heavy atom. The molecular weight excluding hydrogens is 364 g/mol. The molecule has 0 amide bonds. The molecule has 140 valence electrons. The fourth-order valence-electron chi connectivity index (χ4n) is 3.09. The highest BCUT2D eigenvalue weighted by molar-refractivity contribution is 6.30. The Kier molecular flexibility index (Phi) is 5.81. The molecule has 3 rings (SSSR count). The van der Waals surface area contributed by atoms with Gasteiger partial charge in [0, 0.05) is 23.7 Å². The lowest BCUT2D eigenvalue weighted by atomic mass is 10.00. The zero-order valence-corrected chi connectivity index (χ0v) is 16.0. The lowest BCUT2D eigenvalue weighted by molar-refractivity contribution is 0.293. The van der Waals surface area contributed by atoms with Gasteiger partial charge in [-0.05, 0) is 43.2 Å². The van der Waals surface area contributed by atoms with Crippen LogP contribution in [0.15, 0.2) is 58.3 Å². The molecule has 0 bridgehead atoms. The van der Waals surface area contributed by atoms with E-state index in [1.165, 1.54) is 33.5 Å². The minimum absolute atomic E-state index is 0.299. The third-order valence-electron chi connectivity index (χ3n) is 4.19. The first-order chi connectivity index (χ1) is 12.9. The first-order valence-corrected chi connectivity index (χ1v) is 9.07. The maximum atomic E-state index is 11.7. The minimum Gasteiger partial charge on any atom is -0.491 e. The molecule has 1 aromatic heterocycles. The minimum atomic E-state index is -0.447. The molecule has 0 atom stereocenters. The van der Waals surface area contributed by atoms with Gasteiger partial charge in [-0.1, -0.05) is 40.9 Å². The van der Waals surface area contributed by atoms with Gasteiger partial charge in [0.2, 0.25) is 0 Å². The van der Waals surface area contributed by atoms with Crippen molar-refractivity contribution in [3.8, 4) is 5.75 Å². The van der Waals surface area contributed by atoms with E-state index in [1.807, 2.05) is 12.1 Å². The van der Waals surface area contributed by atoms with E-state index in [-0.39, 0.29) is 0 Å². The summed E-state index contributed by atoms with van der Waals surface area (Å²) in [4.78, 5) is 25.1. The Balaban J connectivity index is 1.75. The molecule has 0 aliphatic heterocycles. The smallest absolute Gasteiger partial charge is 0.328 e. The fraction of sp³-hybridized carbons (Fsp3) is 0.238. The van der Waals surface area contributed by atoms with Crippen molar-refractivity contribution in [3.63, 3.8) is 0 Å². The normalized spacial score (nSPS) is 10.8. The van der Waals surface area contributed by atoms with Crippen LogP contribution in [0, 0.1) is 13.8 Å². The van der Waals surface area contributed by atoms with Crippen molar-refractivity contribution in [3.05, 3.63) is 96.8 Å². The van der Waals surface area contributed by atoms with Gasteiger partial charge < -0.3 is 4.74 Å². The van der Waals surface area contributed by atoms with Crippen molar-refractivity contribution in [1.82, 2.24) is 9.55 Å². The Bertz CT molecular complexity index is 1050. The van der Waals surface area contributed by atoms with E-state index in [4.69, 9.17) is 16.3 Å². The molecule has 0 unspecified atom stereocenters. The quantitative estimate of drug-likeness (QED) is 0.707. The number of H-pyrrole nitrogens is 1. The van der Waals surface area contributed by atoms with E-state index < -0.39 is 11.2 Å². The number of aromatic amines is 1. The van der Waals surface area contributed by atoms with Crippen LogP contribution in [0.3, 0.4) is 0 Å². The summed E-state index contributed by atoms with van der Waals surface area (Å²) in [5.41, 5.74) is 3.75. The zero-order valence-electron chi connectivity index (χ0n) is 15.3. The summed E-state index contributed by atoms with van der Waals surface area (Å²) in [5, 5.41) is 0.651. The van der Waals surface area contributed by atoms with E-state index in [0.717, 1.165) is 11.3 Å². The number of hydrogen-bond acceptors (Lipinski definition) is 3. The van der Waals surface area contributed by atoms with Crippen molar-refractivity contribution in [2.75, 3.05) is 6.61 Å². The van der Waals surface area contributed by atoms with E-state index in [9.17, 15) is 9.59 Å². The van der Waals surface area contributed by atoms with Crippen LogP contribution in [0.25, 0.3) is 0 Å². The van der Waals surface area contributed by atoms with Gasteiger partial charge >= 0.3 is 5.69 Å². The second-order valence-corrected chi connectivity index (χ2v) is 7.01. The third kappa shape index (κ3) is 5.11. The molecule has 1 N–H and O–H groups in total. The van der Waals surface area contributed by atoms with E-state index in [2.05, 4.69) is 37.0 Å². The average Bonchev–Trinajstić information content (AvgIpc) is 2.57. The van der Waals surface area contributed by atoms with E-state index in [1.54, 1.807) is 6.07 Å². The predicted molar refractivity (Wildman–Crippen MR) is 107 cm³/mol. The first-order valence-electron chi connectivity index (χ1n) is 8.69. The number of ether oxygens (including phenoxy) is 1. The maximum absolute atomic E-state index is 11.7.